The average Bonchev–Trinajstić information content (AvgIpc) is 2.95. The predicted molar refractivity (Wildman–Crippen MR) is 152 cm³/mol. The van der Waals surface area contributed by atoms with E-state index in [0.717, 1.165) is 10.8 Å². The van der Waals surface area contributed by atoms with E-state index in [0.29, 0.717) is 52.6 Å². The summed E-state index contributed by atoms with van der Waals surface area (Å²) >= 11 is 6.15. The zero-order valence-corrected chi connectivity index (χ0v) is 22.1. The second kappa shape index (κ2) is 11.2. The quantitative estimate of drug-likeness (QED) is 0.219. The topological polar surface area (TPSA) is 64.4 Å². The Balaban J connectivity index is 1.68. The van der Waals surface area contributed by atoms with Crippen LogP contribution in [-0.2, 0) is 4.74 Å². The van der Waals surface area contributed by atoms with Gasteiger partial charge < -0.3 is 9.64 Å². The van der Waals surface area contributed by atoms with Crippen LogP contribution in [0.5, 0.6) is 0 Å². The highest BCUT2D eigenvalue weighted by Gasteiger charge is 2.28. The first-order valence-corrected chi connectivity index (χ1v) is 12.9. The summed E-state index contributed by atoms with van der Waals surface area (Å²) < 4.78 is 6.88. The van der Waals surface area contributed by atoms with E-state index in [1.54, 1.807) is 46.9 Å². The SMILES string of the molecule is COCCCN(C(=O)c1cccc2ccccc12)C(C)c1nc2ccccc2c(=O)n1-c1ccc(Cl)cc1. The fourth-order valence-electron chi connectivity index (χ4n) is 4.83. The maximum absolute atomic E-state index is 14.2. The Morgan fingerprint density at radius 2 is 1.63 bits per heavy atom. The molecule has 0 fully saturated rings. The van der Waals surface area contributed by atoms with Gasteiger partial charge in [0.1, 0.15) is 5.82 Å². The van der Waals surface area contributed by atoms with Crippen LogP contribution in [0.1, 0.15) is 35.6 Å². The third-order valence-electron chi connectivity index (χ3n) is 6.76. The van der Waals surface area contributed by atoms with Crippen LogP contribution in [0.2, 0.25) is 5.02 Å². The summed E-state index contributed by atoms with van der Waals surface area (Å²) in [5.41, 5.74) is 1.62. The molecule has 1 atom stereocenters. The molecule has 0 saturated heterocycles. The minimum Gasteiger partial charge on any atom is -0.385 e. The van der Waals surface area contributed by atoms with E-state index in [-0.39, 0.29) is 11.5 Å². The summed E-state index contributed by atoms with van der Waals surface area (Å²) in [7, 11) is 1.64. The molecule has 1 heterocycles. The van der Waals surface area contributed by atoms with E-state index < -0.39 is 6.04 Å². The van der Waals surface area contributed by atoms with E-state index in [9.17, 15) is 9.59 Å². The number of nitrogens with zero attached hydrogens (tertiary/aromatic N) is 3. The molecule has 1 unspecified atom stereocenters. The first-order chi connectivity index (χ1) is 18.5. The van der Waals surface area contributed by atoms with Gasteiger partial charge in [0.2, 0.25) is 0 Å². The fourth-order valence-corrected chi connectivity index (χ4v) is 4.95. The summed E-state index contributed by atoms with van der Waals surface area (Å²) in [6.45, 7) is 2.85. The molecule has 38 heavy (non-hydrogen) atoms. The third-order valence-corrected chi connectivity index (χ3v) is 7.01. The first-order valence-electron chi connectivity index (χ1n) is 12.5. The molecule has 5 aromatic rings. The molecule has 7 heteroatoms. The third kappa shape index (κ3) is 4.93. The molecular formula is C31H28ClN3O3. The van der Waals surface area contributed by atoms with Gasteiger partial charge in [-0.15, -0.1) is 0 Å². The predicted octanol–water partition coefficient (Wildman–Crippen LogP) is 6.43. The summed E-state index contributed by atoms with van der Waals surface area (Å²) in [5, 5.41) is 2.94. The minimum absolute atomic E-state index is 0.129. The Hall–Kier alpha value is -4.00. The standard InChI is InChI=1S/C31H28ClN3O3/c1-21(34(19-8-20-38-2)30(36)26-13-7-10-22-9-3-4-11-25(22)26)29-33-28-14-6-5-12-27(28)31(37)35(29)24-17-15-23(32)16-18-24/h3-7,9-18,21H,8,19-20H2,1-2H3. The van der Waals surface area contributed by atoms with Crippen molar-refractivity contribution in [1.29, 1.82) is 0 Å². The second-order valence-corrected chi connectivity index (χ2v) is 9.59. The molecule has 0 aliphatic heterocycles. The molecule has 192 valence electrons. The Labute approximate surface area is 226 Å². The minimum atomic E-state index is -0.522. The van der Waals surface area contributed by atoms with Crippen LogP contribution in [-0.4, -0.2) is 40.6 Å². The van der Waals surface area contributed by atoms with Gasteiger partial charge in [-0.25, -0.2) is 4.98 Å². The number of benzene rings is 4. The number of fused-ring (bicyclic) bond motifs is 2. The van der Waals surface area contributed by atoms with Gasteiger partial charge in [-0.3, -0.25) is 14.2 Å². The van der Waals surface area contributed by atoms with E-state index >= 15 is 0 Å². The number of carbonyl (C=O) groups is 1. The summed E-state index contributed by atoms with van der Waals surface area (Å²) in [5.74, 6) is 0.345. The summed E-state index contributed by atoms with van der Waals surface area (Å²) in [6, 6.07) is 27.4. The summed E-state index contributed by atoms with van der Waals surface area (Å²) in [4.78, 5) is 34.7. The summed E-state index contributed by atoms with van der Waals surface area (Å²) in [6.07, 6.45) is 0.635. The molecular weight excluding hydrogens is 498 g/mol. The van der Waals surface area contributed by atoms with Crippen molar-refractivity contribution in [2.45, 2.75) is 19.4 Å². The maximum Gasteiger partial charge on any atom is 0.266 e. The van der Waals surface area contributed by atoms with Crippen LogP contribution in [0.3, 0.4) is 0 Å². The maximum atomic E-state index is 14.2. The van der Waals surface area contributed by atoms with Gasteiger partial charge >= 0.3 is 0 Å². The van der Waals surface area contributed by atoms with Crippen molar-refractivity contribution in [3.63, 3.8) is 0 Å². The molecule has 6 nitrogen and oxygen atoms in total. The highest BCUT2D eigenvalue weighted by Crippen LogP contribution is 2.27. The van der Waals surface area contributed by atoms with Crippen molar-refractivity contribution >= 4 is 39.2 Å². The molecule has 0 bridgehead atoms. The molecule has 5 rings (SSSR count). The van der Waals surface area contributed by atoms with Gasteiger partial charge in [0.05, 0.1) is 22.6 Å². The molecule has 0 N–H and O–H groups in total. The van der Waals surface area contributed by atoms with Crippen LogP contribution in [0.15, 0.2) is 95.8 Å². The van der Waals surface area contributed by atoms with Crippen LogP contribution in [0.4, 0.5) is 0 Å². The van der Waals surface area contributed by atoms with Gasteiger partial charge in [-0.2, -0.15) is 0 Å². The molecule has 0 spiro atoms. The molecule has 4 aromatic carbocycles. The number of amides is 1. The van der Waals surface area contributed by atoms with Crippen molar-refractivity contribution in [2.24, 2.45) is 0 Å². The van der Waals surface area contributed by atoms with Crippen molar-refractivity contribution in [3.05, 3.63) is 118 Å². The number of para-hydroxylation sites is 1. The van der Waals surface area contributed by atoms with Gasteiger partial charge in [0.15, 0.2) is 0 Å². The highest BCUT2D eigenvalue weighted by atomic mass is 35.5. The van der Waals surface area contributed by atoms with Gasteiger partial charge in [0.25, 0.3) is 11.5 Å². The second-order valence-electron chi connectivity index (χ2n) is 9.15. The van der Waals surface area contributed by atoms with E-state index in [2.05, 4.69) is 0 Å². The Bertz CT molecular complexity index is 1660. The lowest BCUT2D eigenvalue weighted by Crippen LogP contribution is -2.38. The largest absolute Gasteiger partial charge is 0.385 e. The number of methoxy groups -OCH3 is 1. The zero-order valence-electron chi connectivity index (χ0n) is 21.3. The van der Waals surface area contributed by atoms with Crippen molar-refractivity contribution in [3.8, 4) is 5.69 Å². The number of hydrogen-bond donors (Lipinski definition) is 0. The first kappa shape index (κ1) is 25.6. The average molecular weight is 526 g/mol. The van der Waals surface area contributed by atoms with Crippen LogP contribution < -0.4 is 5.56 Å². The van der Waals surface area contributed by atoms with Crippen molar-refractivity contribution in [1.82, 2.24) is 14.5 Å². The normalized spacial score (nSPS) is 12.1. The van der Waals surface area contributed by atoms with E-state index in [1.807, 2.05) is 67.6 Å². The number of carbonyl (C=O) groups excluding carboxylic acids is 1. The van der Waals surface area contributed by atoms with Gasteiger partial charge in [0, 0.05) is 30.8 Å². The highest BCUT2D eigenvalue weighted by molar-refractivity contribution is 6.30. The van der Waals surface area contributed by atoms with Crippen LogP contribution in [0, 0.1) is 0 Å². The number of rotatable bonds is 8. The van der Waals surface area contributed by atoms with Gasteiger partial charge in [-0.1, -0.05) is 60.1 Å². The lowest BCUT2D eigenvalue weighted by molar-refractivity contribution is 0.0659. The van der Waals surface area contributed by atoms with E-state index in [4.69, 9.17) is 21.3 Å². The molecule has 0 aliphatic rings. The zero-order chi connectivity index (χ0) is 26.6. The lowest BCUT2D eigenvalue weighted by Gasteiger charge is -2.31. The van der Waals surface area contributed by atoms with Crippen molar-refractivity contribution < 1.29 is 9.53 Å². The molecule has 0 radical (unpaired) electrons. The van der Waals surface area contributed by atoms with Crippen molar-refractivity contribution in [2.75, 3.05) is 20.3 Å². The monoisotopic (exact) mass is 525 g/mol. The van der Waals surface area contributed by atoms with Crippen LogP contribution >= 0.6 is 11.6 Å². The Morgan fingerprint density at radius 3 is 2.39 bits per heavy atom. The number of hydrogen-bond acceptors (Lipinski definition) is 4. The Morgan fingerprint density at radius 1 is 0.947 bits per heavy atom. The number of halogens is 1. The van der Waals surface area contributed by atoms with E-state index in [1.165, 1.54) is 0 Å². The molecule has 0 aliphatic carbocycles. The number of ether oxygens (including phenoxy) is 1. The molecule has 0 saturated carbocycles. The smallest absolute Gasteiger partial charge is 0.266 e. The fraction of sp³-hybridized carbons (Fsp3) is 0.194. The van der Waals surface area contributed by atoms with Crippen LogP contribution in [0.25, 0.3) is 27.4 Å². The van der Waals surface area contributed by atoms with Gasteiger partial charge in [-0.05, 0) is 66.6 Å². The number of aromatic nitrogens is 2. The molecule has 1 amide bonds. The molecule has 1 aromatic heterocycles. The lowest BCUT2D eigenvalue weighted by atomic mass is 10.0. The Kier molecular flexibility index (Phi) is 7.54.